The maximum absolute atomic E-state index is 11.2. The van der Waals surface area contributed by atoms with Gasteiger partial charge in [0.15, 0.2) is 0 Å². The fourth-order valence-corrected chi connectivity index (χ4v) is 2.44. The van der Waals surface area contributed by atoms with Crippen LogP contribution in [-0.2, 0) is 9.53 Å². The van der Waals surface area contributed by atoms with Crippen molar-refractivity contribution >= 4 is 29.7 Å². The SMILES string of the molecule is COC(=O)[C@@H]1C[C@@H](c2nccs2)CN1.Cl. The van der Waals surface area contributed by atoms with E-state index in [1.165, 1.54) is 7.11 Å². The third-order valence-electron chi connectivity index (χ3n) is 2.42. The van der Waals surface area contributed by atoms with Crippen molar-refractivity contribution in [3.8, 4) is 0 Å². The van der Waals surface area contributed by atoms with Crippen LogP contribution < -0.4 is 5.32 Å². The van der Waals surface area contributed by atoms with E-state index in [9.17, 15) is 4.79 Å². The molecule has 0 radical (unpaired) electrons. The van der Waals surface area contributed by atoms with Crippen molar-refractivity contribution in [2.45, 2.75) is 18.4 Å². The fourth-order valence-electron chi connectivity index (χ4n) is 1.68. The number of ether oxygens (including phenoxy) is 1. The molecule has 0 aromatic carbocycles. The zero-order chi connectivity index (χ0) is 9.97. The van der Waals surface area contributed by atoms with Crippen molar-refractivity contribution in [1.82, 2.24) is 10.3 Å². The molecule has 2 atom stereocenters. The highest BCUT2D eigenvalue weighted by Crippen LogP contribution is 2.27. The lowest BCUT2D eigenvalue weighted by Gasteiger charge is -2.06. The number of nitrogens with one attached hydrogen (secondary N) is 1. The van der Waals surface area contributed by atoms with E-state index >= 15 is 0 Å². The number of hydrogen-bond donors (Lipinski definition) is 1. The molecule has 0 saturated carbocycles. The monoisotopic (exact) mass is 248 g/mol. The molecule has 1 aliphatic rings. The van der Waals surface area contributed by atoms with Crippen LogP contribution in [0.1, 0.15) is 17.3 Å². The summed E-state index contributed by atoms with van der Waals surface area (Å²) < 4.78 is 4.68. The van der Waals surface area contributed by atoms with Gasteiger partial charge in [-0.15, -0.1) is 23.7 Å². The van der Waals surface area contributed by atoms with Crippen molar-refractivity contribution in [3.63, 3.8) is 0 Å². The normalized spacial score (nSPS) is 24.6. The molecule has 4 nitrogen and oxygen atoms in total. The Balaban J connectivity index is 0.00000112. The molecule has 0 aliphatic carbocycles. The highest BCUT2D eigenvalue weighted by Gasteiger charge is 2.31. The van der Waals surface area contributed by atoms with Crippen LogP contribution in [0.15, 0.2) is 11.6 Å². The Morgan fingerprint density at radius 3 is 3.13 bits per heavy atom. The zero-order valence-corrected chi connectivity index (χ0v) is 9.94. The maximum atomic E-state index is 11.2. The molecule has 0 spiro atoms. The molecular formula is C9H13ClN2O2S. The molecule has 1 N–H and O–H groups in total. The number of halogens is 1. The van der Waals surface area contributed by atoms with E-state index in [0.717, 1.165) is 18.0 Å². The second-order valence-electron chi connectivity index (χ2n) is 3.29. The van der Waals surface area contributed by atoms with Gasteiger partial charge in [-0.2, -0.15) is 0 Å². The van der Waals surface area contributed by atoms with E-state index in [1.807, 2.05) is 5.38 Å². The van der Waals surface area contributed by atoms with Crippen LogP contribution in [0.2, 0.25) is 0 Å². The highest BCUT2D eigenvalue weighted by atomic mass is 35.5. The van der Waals surface area contributed by atoms with E-state index in [1.54, 1.807) is 17.5 Å². The number of carbonyl (C=O) groups is 1. The van der Waals surface area contributed by atoms with Gasteiger partial charge in [-0.3, -0.25) is 4.79 Å². The number of methoxy groups -OCH3 is 1. The average Bonchev–Trinajstić information content (AvgIpc) is 2.86. The first-order chi connectivity index (χ1) is 6.81. The summed E-state index contributed by atoms with van der Waals surface area (Å²) in [5.74, 6) is 0.183. The standard InChI is InChI=1S/C9H12N2O2S.ClH/c1-13-9(12)7-4-6(5-11-7)8-10-2-3-14-8;/h2-3,6-7,11H,4-5H2,1H3;1H/t6-,7+;/m1./s1. The molecule has 1 fully saturated rings. The van der Waals surface area contributed by atoms with Crippen LogP contribution in [-0.4, -0.2) is 30.6 Å². The molecule has 2 heterocycles. The van der Waals surface area contributed by atoms with E-state index < -0.39 is 0 Å². The van der Waals surface area contributed by atoms with Gasteiger partial charge in [0.2, 0.25) is 0 Å². The Labute approximate surface area is 98.5 Å². The molecule has 1 saturated heterocycles. The molecule has 1 aromatic rings. The number of nitrogens with zero attached hydrogens (tertiary/aromatic N) is 1. The van der Waals surface area contributed by atoms with Crippen LogP contribution in [0.25, 0.3) is 0 Å². The molecule has 1 aliphatic heterocycles. The van der Waals surface area contributed by atoms with Crippen molar-refractivity contribution in [2.24, 2.45) is 0 Å². The third kappa shape index (κ3) is 2.68. The van der Waals surface area contributed by atoms with E-state index in [-0.39, 0.29) is 24.4 Å². The molecule has 6 heteroatoms. The summed E-state index contributed by atoms with van der Waals surface area (Å²) in [6, 6.07) is -0.158. The lowest BCUT2D eigenvalue weighted by molar-refractivity contribution is -0.142. The second kappa shape index (κ2) is 5.44. The number of hydrogen-bond acceptors (Lipinski definition) is 5. The Hall–Kier alpha value is -0.650. The average molecular weight is 249 g/mol. The van der Waals surface area contributed by atoms with Gasteiger partial charge >= 0.3 is 5.97 Å². The summed E-state index contributed by atoms with van der Waals surface area (Å²) in [7, 11) is 1.42. The molecule has 0 amide bonds. The van der Waals surface area contributed by atoms with Gasteiger partial charge in [0.1, 0.15) is 6.04 Å². The summed E-state index contributed by atoms with van der Waals surface area (Å²) in [5.41, 5.74) is 0. The Bertz CT molecular complexity index is 318. The van der Waals surface area contributed by atoms with Crippen molar-refractivity contribution in [1.29, 1.82) is 0 Å². The molecular weight excluding hydrogens is 236 g/mol. The van der Waals surface area contributed by atoms with E-state index in [2.05, 4.69) is 15.0 Å². The number of rotatable bonds is 2. The van der Waals surface area contributed by atoms with Gasteiger partial charge in [-0.25, -0.2) is 4.98 Å². The Morgan fingerprint density at radius 2 is 2.53 bits per heavy atom. The van der Waals surface area contributed by atoms with Crippen molar-refractivity contribution in [2.75, 3.05) is 13.7 Å². The number of carbonyl (C=O) groups excluding carboxylic acids is 1. The van der Waals surface area contributed by atoms with Crippen LogP contribution in [0.5, 0.6) is 0 Å². The van der Waals surface area contributed by atoms with E-state index in [0.29, 0.717) is 5.92 Å². The van der Waals surface area contributed by atoms with Crippen molar-refractivity contribution < 1.29 is 9.53 Å². The van der Waals surface area contributed by atoms with Gasteiger partial charge in [-0.1, -0.05) is 0 Å². The van der Waals surface area contributed by atoms with Crippen molar-refractivity contribution in [3.05, 3.63) is 16.6 Å². The summed E-state index contributed by atoms with van der Waals surface area (Å²) in [6.45, 7) is 0.813. The minimum absolute atomic E-state index is 0. The molecule has 84 valence electrons. The Morgan fingerprint density at radius 1 is 1.73 bits per heavy atom. The molecule has 15 heavy (non-hydrogen) atoms. The molecule has 1 aromatic heterocycles. The fraction of sp³-hybridized carbons (Fsp3) is 0.556. The summed E-state index contributed by atoms with van der Waals surface area (Å²) >= 11 is 1.64. The Kier molecular flexibility index (Phi) is 4.50. The minimum Gasteiger partial charge on any atom is -0.468 e. The first-order valence-corrected chi connectivity index (χ1v) is 5.40. The van der Waals surface area contributed by atoms with Crippen LogP contribution in [0.3, 0.4) is 0 Å². The van der Waals surface area contributed by atoms with Gasteiger partial charge in [0.25, 0.3) is 0 Å². The zero-order valence-electron chi connectivity index (χ0n) is 8.30. The summed E-state index contributed by atoms with van der Waals surface area (Å²) in [5, 5.41) is 6.20. The van der Waals surface area contributed by atoms with Crippen LogP contribution >= 0.6 is 23.7 Å². The smallest absolute Gasteiger partial charge is 0.322 e. The molecule has 2 rings (SSSR count). The molecule has 0 unspecified atom stereocenters. The number of aromatic nitrogens is 1. The van der Waals surface area contributed by atoms with Crippen LogP contribution in [0, 0.1) is 0 Å². The van der Waals surface area contributed by atoms with Gasteiger partial charge in [-0.05, 0) is 6.42 Å². The third-order valence-corrected chi connectivity index (χ3v) is 3.36. The maximum Gasteiger partial charge on any atom is 0.322 e. The summed E-state index contributed by atoms with van der Waals surface area (Å²) in [6.07, 6.45) is 2.59. The van der Waals surface area contributed by atoms with Gasteiger partial charge < -0.3 is 10.1 Å². The first-order valence-electron chi connectivity index (χ1n) is 4.52. The molecule has 0 bridgehead atoms. The largest absolute Gasteiger partial charge is 0.468 e. The lowest BCUT2D eigenvalue weighted by Crippen LogP contribution is -2.31. The lowest BCUT2D eigenvalue weighted by atomic mass is 10.1. The first kappa shape index (κ1) is 12.4. The number of thiazole rings is 1. The highest BCUT2D eigenvalue weighted by molar-refractivity contribution is 7.09. The van der Waals surface area contributed by atoms with Gasteiger partial charge in [0.05, 0.1) is 12.1 Å². The predicted octanol–water partition coefficient (Wildman–Crippen LogP) is 1.18. The second-order valence-corrected chi connectivity index (χ2v) is 4.21. The van der Waals surface area contributed by atoms with E-state index in [4.69, 9.17) is 0 Å². The number of esters is 1. The summed E-state index contributed by atoms with van der Waals surface area (Å²) in [4.78, 5) is 15.5. The topological polar surface area (TPSA) is 51.2 Å². The predicted molar refractivity (Wildman–Crippen MR) is 60.5 cm³/mol. The quantitative estimate of drug-likeness (QED) is 0.799. The van der Waals surface area contributed by atoms with Gasteiger partial charge in [0, 0.05) is 24.0 Å². The minimum atomic E-state index is -0.177. The van der Waals surface area contributed by atoms with Crippen LogP contribution in [0.4, 0.5) is 0 Å².